The fourth-order valence-corrected chi connectivity index (χ4v) is 1.99. The molecule has 19 heavy (non-hydrogen) atoms. The maximum Gasteiger partial charge on any atom is 0.308 e. The molecule has 0 N–H and O–H groups in total. The third kappa shape index (κ3) is 3.21. The molecule has 0 amide bonds. The van der Waals surface area contributed by atoms with Crippen LogP contribution in [0.25, 0.3) is 11.1 Å². The predicted octanol–water partition coefficient (Wildman–Crippen LogP) is 3.91. The average Bonchev–Trinajstić information content (AvgIpc) is 2.39. The van der Waals surface area contributed by atoms with Gasteiger partial charge in [0.15, 0.2) is 0 Å². The molecule has 94 valence electrons. The third-order valence-electron chi connectivity index (χ3n) is 2.53. The summed E-state index contributed by atoms with van der Waals surface area (Å²) in [5, 5.41) is 9.19. The number of carbonyl (C=O) groups excluding carboxylic acids is 1. The number of benzene rings is 2. The Kier molecular flexibility index (Phi) is 3.98. The van der Waals surface area contributed by atoms with E-state index in [1.54, 1.807) is 18.2 Å². The van der Waals surface area contributed by atoms with Crippen LogP contribution >= 0.6 is 15.9 Å². The molecular weight excluding hydrogens is 306 g/mol. The van der Waals surface area contributed by atoms with Gasteiger partial charge in [0.25, 0.3) is 0 Å². The standard InChI is InChI=1S/C15H10BrNO2/c1-10(18)19-14-6-7-15(12(8-14)9-17)11-2-4-13(16)5-3-11/h2-8H,1H3. The lowest BCUT2D eigenvalue weighted by molar-refractivity contribution is -0.131. The van der Waals surface area contributed by atoms with Crippen LogP contribution in [-0.2, 0) is 4.79 Å². The number of halogens is 1. The Balaban J connectivity index is 2.44. The molecule has 0 aliphatic rings. The number of esters is 1. The van der Waals surface area contributed by atoms with Crippen molar-refractivity contribution in [3.8, 4) is 22.9 Å². The molecule has 0 aromatic heterocycles. The summed E-state index contributed by atoms with van der Waals surface area (Å²) in [7, 11) is 0. The highest BCUT2D eigenvalue weighted by atomic mass is 79.9. The molecule has 0 fully saturated rings. The molecule has 0 spiro atoms. The SMILES string of the molecule is CC(=O)Oc1ccc(-c2ccc(Br)cc2)c(C#N)c1. The van der Waals surface area contributed by atoms with Gasteiger partial charge in [0.1, 0.15) is 5.75 Å². The van der Waals surface area contributed by atoms with Crippen LogP contribution in [0.5, 0.6) is 5.75 Å². The molecule has 2 aromatic rings. The third-order valence-corrected chi connectivity index (χ3v) is 3.06. The highest BCUT2D eigenvalue weighted by Gasteiger charge is 2.08. The Hall–Kier alpha value is -2.12. The number of carbonyl (C=O) groups is 1. The second kappa shape index (κ2) is 5.68. The second-order valence-electron chi connectivity index (χ2n) is 3.92. The second-order valence-corrected chi connectivity index (χ2v) is 4.84. The van der Waals surface area contributed by atoms with E-state index in [4.69, 9.17) is 4.74 Å². The van der Waals surface area contributed by atoms with Crippen molar-refractivity contribution in [2.75, 3.05) is 0 Å². The zero-order valence-electron chi connectivity index (χ0n) is 10.2. The van der Waals surface area contributed by atoms with Crippen molar-refractivity contribution < 1.29 is 9.53 Å². The van der Waals surface area contributed by atoms with Crippen LogP contribution < -0.4 is 4.74 Å². The first-order valence-electron chi connectivity index (χ1n) is 5.58. The van der Waals surface area contributed by atoms with E-state index in [0.717, 1.165) is 15.6 Å². The fraction of sp³-hybridized carbons (Fsp3) is 0.0667. The van der Waals surface area contributed by atoms with E-state index < -0.39 is 5.97 Å². The molecule has 4 heteroatoms. The van der Waals surface area contributed by atoms with E-state index >= 15 is 0 Å². The van der Waals surface area contributed by atoms with Crippen LogP contribution in [-0.4, -0.2) is 5.97 Å². The Morgan fingerprint density at radius 3 is 2.47 bits per heavy atom. The number of rotatable bonds is 2. The minimum absolute atomic E-state index is 0.380. The van der Waals surface area contributed by atoms with Gasteiger partial charge in [-0.1, -0.05) is 28.1 Å². The first-order chi connectivity index (χ1) is 9.10. The fourth-order valence-electron chi connectivity index (χ4n) is 1.73. The van der Waals surface area contributed by atoms with Crippen molar-refractivity contribution in [1.82, 2.24) is 0 Å². The smallest absolute Gasteiger partial charge is 0.308 e. The molecule has 0 saturated heterocycles. The summed E-state index contributed by atoms with van der Waals surface area (Å²) in [5.41, 5.74) is 2.22. The highest BCUT2D eigenvalue weighted by Crippen LogP contribution is 2.28. The number of hydrogen-bond acceptors (Lipinski definition) is 3. The summed E-state index contributed by atoms with van der Waals surface area (Å²) in [6.07, 6.45) is 0. The van der Waals surface area contributed by atoms with Crippen LogP contribution in [0.2, 0.25) is 0 Å². The van der Waals surface area contributed by atoms with Gasteiger partial charge in [0.2, 0.25) is 0 Å². The van der Waals surface area contributed by atoms with Crippen LogP contribution in [0.1, 0.15) is 12.5 Å². The van der Waals surface area contributed by atoms with E-state index in [1.807, 2.05) is 24.3 Å². The van der Waals surface area contributed by atoms with Gasteiger partial charge in [-0.3, -0.25) is 4.79 Å². The topological polar surface area (TPSA) is 50.1 Å². The van der Waals surface area contributed by atoms with Gasteiger partial charge in [-0.05, 0) is 41.5 Å². The van der Waals surface area contributed by atoms with Gasteiger partial charge < -0.3 is 4.74 Å². The molecule has 0 aliphatic heterocycles. The zero-order valence-corrected chi connectivity index (χ0v) is 11.8. The minimum atomic E-state index is -0.403. The van der Waals surface area contributed by atoms with Gasteiger partial charge in [0.05, 0.1) is 11.6 Å². The van der Waals surface area contributed by atoms with E-state index in [2.05, 4.69) is 22.0 Å². The number of ether oxygens (including phenoxy) is 1. The Morgan fingerprint density at radius 1 is 1.21 bits per heavy atom. The zero-order chi connectivity index (χ0) is 13.8. The summed E-state index contributed by atoms with van der Waals surface area (Å²) in [5.74, 6) is -0.0230. The molecule has 0 bridgehead atoms. The molecule has 2 aromatic carbocycles. The molecule has 0 saturated carbocycles. The highest BCUT2D eigenvalue weighted by molar-refractivity contribution is 9.10. The molecule has 3 nitrogen and oxygen atoms in total. The summed E-state index contributed by atoms with van der Waals surface area (Å²) in [6, 6.07) is 14.8. The molecule has 0 atom stereocenters. The van der Waals surface area contributed by atoms with Crippen LogP contribution in [0.15, 0.2) is 46.9 Å². The lowest BCUT2D eigenvalue weighted by Gasteiger charge is -2.07. The van der Waals surface area contributed by atoms with Crippen molar-refractivity contribution in [3.05, 3.63) is 52.5 Å². The van der Waals surface area contributed by atoms with Crippen molar-refractivity contribution in [3.63, 3.8) is 0 Å². The van der Waals surface area contributed by atoms with Gasteiger partial charge in [-0.2, -0.15) is 5.26 Å². The van der Waals surface area contributed by atoms with E-state index in [0.29, 0.717) is 11.3 Å². The van der Waals surface area contributed by atoms with Crippen molar-refractivity contribution >= 4 is 21.9 Å². The Bertz CT molecular complexity index is 657. The number of hydrogen-bond donors (Lipinski definition) is 0. The maximum atomic E-state index is 10.9. The first-order valence-corrected chi connectivity index (χ1v) is 6.38. The molecule has 0 radical (unpaired) electrons. The quantitative estimate of drug-likeness (QED) is 0.623. The van der Waals surface area contributed by atoms with Crippen LogP contribution in [0.4, 0.5) is 0 Å². The van der Waals surface area contributed by atoms with Crippen LogP contribution in [0, 0.1) is 11.3 Å². The first kappa shape index (κ1) is 13.3. The molecule has 0 aliphatic carbocycles. The summed E-state index contributed by atoms with van der Waals surface area (Å²) in [6.45, 7) is 1.33. The van der Waals surface area contributed by atoms with E-state index in [1.165, 1.54) is 6.92 Å². The molecule has 0 heterocycles. The largest absolute Gasteiger partial charge is 0.427 e. The van der Waals surface area contributed by atoms with E-state index in [9.17, 15) is 10.1 Å². The number of nitrogens with zero attached hydrogens (tertiary/aromatic N) is 1. The lowest BCUT2D eigenvalue weighted by atomic mass is 10.0. The minimum Gasteiger partial charge on any atom is -0.427 e. The average molecular weight is 316 g/mol. The molecular formula is C15H10BrNO2. The lowest BCUT2D eigenvalue weighted by Crippen LogP contribution is -2.01. The maximum absolute atomic E-state index is 10.9. The van der Waals surface area contributed by atoms with E-state index in [-0.39, 0.29) is 0 Å². The predicted molar refractivity (Wildman–Crippen MR) is 75.6 cm³/mol. The van der Waals surface area contributed by atoms with Gasteiger partial charge >= 0.3 is 5.97 Å². The van der Waals surface area contributed by atoms with Crippen molar-refractivity contribution in [2.45, 2.75) is 6.92 Å². The van der Waals surface area contributed by atoms with Gasteiger partial charge in [-0.25, -0.2) is 0 Å². The van der Waals surface area contributed by atoms with Gasteiger partial charge in [0, 0.05) is 11.4 Å². The summed E-state index contributed by atoms with van der Waals surface area (Å²) < 4.78 is 5.95. The van der Waals surface area contributed by atoms with Gasteiger partial charge in [-0.15, -0.1) is 0 Å². The Morgan fingerprint density at radius 2 is 1.89 bits per heavy atom. The summed E-state index contributed by atoms with van der Waals surface area (Å²) in [4.78, 5) is 10.9. The monoisotopic (exact) mass is 315 g/mol. The molecule has 0 unspecified atom stereocenters. The normalized spacial score (nSPS) is 9.74. The van der Waals surface area contributed by atoms with Crippen LogP contribution in [0.3, 0.4) is 0 Å². The molecule has 2 rings (SSSR count). The van der Waals surface area contributed by atoms with Crippen molar-refractivity contribution in [2.24, 2.45) is 0 Å². The number of nitriles is 1. The Labute approximate surface area is 119 Å². The van der Waals surface area contributed by atoms with Crippen molar-refractivity contribution in [1.29, 1.82) is 5.26 Å². The summed E-state index contributed by atoms with van der Waals surface area (Å²) >= 11 is 3.37.